The van der Waals surface area contributed by atoms with Gasteiger partial charge in [-0.15, -0.1) is 11.8 Å². The molecular weight excluding hydrogens is 323 g/mol. The van der Waals surface area contributed by atoms with E-state index in [2.05, 4.69) is 10.1 Å². The molecule has 0 saturated carbocycles. The fraction of sp³-hybridized carbons (Fsp3) is 0.385. The number of carbonyl (C=O) groups excluding carboxylic acids is 2. The third kappa shape index (κ3) is 3.92. The zero-order chi connectivity index (χ0) is 16.3. The van der Waals surface area contributed by atoms with E-state index >= 15 is 0 Å². The van der Waals surface area contributed by atoms with Crippen LogP contribution in [0.3, 0.4) is 0 Å². The number of aliphatic hydroxyl groups is 1. The van der Waals surface area contributed by atoms with Crippen molar-refractivity contribution in [3.63, 3.8) is 0 Å². The van der Waals surface area contributed by atoms with Gasteiger partial charge in [-0.2, -0.15) is 13.2 Å². The molecule has 1 aromatic carbocycles. The Morgan fingerprint density at radius 3 is 2.77 bits per heavy atom. The fourth-order valence-corrected chi connectivity index (χ4v) is 2.91. The first-order valence-corrected chi connectivity index (χ1v) is 7.14. The largest absolute Gasteiger partial charge is 0.463 e. The molecular formula is C13H12F3NO4S. The maximum atomic E-state index is 12.6. The Bertz CT molecular complexity index is 591. The molecule has 0 aliphatic carbocycles. The highest BCUT2D eigenvalue weighted by Gasteiger charge is 2.34. The molecule has 2 N–H and O–H groups in total. The number of thioether (sulfide) groups is 1. The van der Waals surface area contributed by atoms with E-state index in [-0.39, 0.29) is 25.3 Å². The van der Waals surface area contributed by atoms with Gasteiger partial charge in [0, 0.05) is 4.90 Å². The second kappa shape index (κ2) is 6.57. The number of anilines is 1. The molecule has 0 fully saturated rings. The summed E-state index contributed by atoms with van der Waals surface area (Å²) in [5.41, 5.74) is -0.780. The van der Waals surface area contributed by atoms with Gasteiger partial charge >= 0.3 is 12.1 Å². The molecule has 9 heteroatoms. The van der Waals surface area contributed by atoms with Crippen LogP contribution < -0.4 is 5.32 Å². The van der Waals surface area contributed by atoms with Crippen molar-refractivity contribution >= 4 is 29.3 Å². The van der Waals surface area contributed by atoms with Crippen LogP contribution in [0.25, 0.3) is 0 Å². The van der Waals surface area contributed by atoms with Crippen LogP contribution in [0.4, 0.5) is 18.9 Å². The third-order valence-corrected chi connectivity index (χ3v) is 4.11. The number of fused-ring (bicyclic) bond motifs is 1. The second-order valence-electron chi connectivity index (χ2n) is 4.45. The predicted octanol–water partition coefficient (Wildman–Crippen LogP) is 2.04. The molecule has 1 atom stereocenters. The molecule has 0 bridgehead atoms. The van der Waals surface area contributed by atoms with Crippen molar-refractivity contribution in [1.29, 1.82) is 0 Å². The number of amides is 1. The van der Waals surface area contributed by atoms with Gasteiger partial charge in [0.05, 0.1) is 29.5 Å². The van der Waals surface area contributed by atoms with Crippen LogP contribution in [0, 0.1) is 0 Å². The zero-order valence-corrected chi connectivity index (χ0v) is 12.0. The standard InChI is InChI=1S/C13H12F3NO4S/c14-13(15,16)7-1-2-9-8(5-7)17-12(20)10(22-9)6-11(19)21-4-3-18/h1-2,5,10,18H,3-4,6H2,(H,17,20)/t10-/m1/s1. The average Bonchev–Trinajstić information content (AvgIpc) is 2.44. The highest BCUT2D eigenvalue weighted by molar-refractivity contribution is 8.01. The number of nitrogens with one attached hydrogen (secondary N) is 1. The van der Waals surface area contributed by atoms with Crippen LogP contribution in [-0.4, -0.2) is 35.4 Å². The summed E-state index contributed by atoms with van der Waals surface area (Å²) >= 11 is 1.00. The minimum atomic E-state index is -4.49. The number of ether oxygens (including phenoxy) is 1. The van der Waals surface area contributed by atoms with Crippen molar-refractivity contribution in [3.05, 3.63) is 23.8 Å². The zero-order valence-electron chi connectivity index (χ0n) is 11.1. The van der Waals surface area contributed by atoms with Gasteiger partial charge in [0.15, 0.2) is 0 Å². The third-order valence-electron chi connectivity index (χ3n) is 2.83. The molecule has 22 heavy (non-hydrogen) atoms. The van der Waals surface area contributed by atoms with Gasteiger partial charge in [-0.05, 0) is 18.2 Å². The summed E-state index contributed by atoms with van der Waals surface area (Å²) in [6.07, 6.45) is -4.72. The first-order valence-electron chi connectivity index (χ1n) is 6.26. The van der Waals surface area contributed by atoms with Crippen LogP contribution in [0.5, 0.6) is 0 Å². The molecule has 0 spiro atoms. The quantitative estimate of drug-likeness (QED) is 0.824. The Labute approximate surface area is 127 Å². The summed E-state index contributed by atoms with van der Waals surface area (Å²) in [6, 6.07) is 3.04. The molecule has 5 nitrogen and oxygen atoms in total. The number of benzene rings is 1. The molecule has 1 aliphatic heterocycles. The maximum absolute atomic E-state index is 12.6. The molecule has 0 saturated heterocycles. The van der Waals surface area contributed by atoms with E-state index in [0.717, 1.165) is 23.9 Å². The van der Waals surface area contributed by atoms with Crippen LogP contribution in [0.15, 0.2) is 23.1 Å². The molecule has 0 aromatic heterocycles. The van der Waals surface area contributed by atoms with E-state index in [0.29, 0.717) is 4.90 Å². The number of alkyl halides is 3. The van der Waals surface area contributed by atoms with Gasteiger partial charge in [0.1, 0.15) is 6.61 Å². The van der Waals surface area contributed by atoms with Crippen molar-refractivity contribution in [2.75, 3.05) is 18.5 Å². The second-order valence-corrected chi connectivity index (χ2v) is 5.70. The number of hydrogen-bond acceptors (Lipinski definition) is 5. The summed E-state index contributed by atoms with van der Waals surface area (Å²) in [4.78, 5) is 23.7. The number of halogens is 3. The fourth-order valence-electron chi connectivity index (χ4n) is 1.83. The summed E-state index contributed by atoms with van der Waals surface area (Å²) in [5.74, 6) is -1.21. The predicted molar refractivity (Wildman–Crippen MR) is 72.4 cm³/mol. The highest BCUT2D eigenvalue weighted by atomic mass is 32.2. The van der Waals surface area contributed by atoms with Gasteiger partial charge in [-0.1, -0.05) is 0 Å². The molecule has 1 amide bonds. The number of hydrogen-bond donors (Lipinski definition) is 2. The van der Waals surface area contributed by atoms with Crippen molar-refractivity contribution in [2.24, 2.45) is 0 Å². The van der Waals surface area contributed by atoms with Gasteiger partial charge in [0.2, 0.25) is 5.91 Å². The Morgan fingerprint density at radius 1 is 1.41 bits per heavy atom. The van der Waals surface area contributed by atoms with E-state index in [9.17, 15) is 22.8 Å². The van der Waals surface area contributed by atoms with Gasteiger partial charge in [-0.25, -0.2) is 0 Å². The van der Waals surface area contributed by atoms with Crippen molar-refractivity contribution in [1.82, 2.24) is 0 Å². The Hall–Kier alpha value is -1.74. The number of carbonyl (C=O) groups is 2. The van der Waals surface area contributed by atoms with Crippen LogP contribution >= 0.6 is 11.8 Å². The van der Waals surface area contributed by atoms with Crippen LogP contribution in [0.2, 0.25) is 0 Å². The van der Waals surface area contributed by atoms with E-state index in [4.69, 9.17) is 5.11 Å². The molecule has 1 aromatic rings. The molecule has 0 unspecified atom stereocenters. The van der Waals surface area contributed by atoms with Gasteiger partial charge < -0.3 is 15.2 Å². The summed E-state index contributed by atoms with van der Waals surface area (Å²) in [6.45, 7) is -0.484. The maximum Gasteiger partial charge on any atom is 0.416 e. The van der Waals surface area contributed by atoms with Gasteiger partial charge in [0.25, 0.3) is 0 Å². The first kappa shape index (κ1) is 16.6. The summed E-state index contributed by atoms with van der Waals surface area (Å²) in [7, 11) is 0. The molecule has 120 valence electrons. The van der Waals surface area contributed by atoms with Crippen molar-refractivity contribution in [3.8, 4) is 0 Å². The van der Waals surface area contributed by atoms with E-state index in [1.807, 2.05) is 0 Å². The van der Waals surface area contributed by atoms with E-state index in [1.165, 1.54) is 6.07 Å². The van der Waals surface area contributed by atoms with Gasteiger partial charge in [-0.3, -0.25) is 9.59 Å². The summed E-state index contributed by atoms with van der Waals surface area (Å²) in [5, 5.41) is 10.1. The van der Waals surface area contributed by atoms with Crippen molar-refractivity contribution < 1.29 is 32.6 Å². The lowest BCUT2D eigenvalue weighted by Crippen LogP contribution is -2.31. The summed E-state index contributed by atoms with van der Waals surface area (Å²) < 4.78 is 42.5. The van der Waals surface area contributed by atoms with Crippen LogP contribution in [-0.2, 0) is 20.5 Å². The minimum Gasteiger partial charge on any atom is -0.463 e. The smallest absolute Gasteiger partial charge is 0.416 e. The molecule has 1 heterocycles. The average molecular weight is 335 g/mol. The Balaban J connectivity index is 2.10. The van der Waals surface area contributed by atoms with Crippen LogP contribution in [0.1, 0.15) is 12.0 Å². The highest BCUT2D eigenvalue weighted by Crippen LogP contribution is 2.40. The Kier molecular flexibility index (Phi) is 4.97. The topological polar surface area (TPSA) is 75.6 Å². The lowest BCUT2D eigenvalue weighted by atomic mass is 10.1. The number of aliphatic hydroxyl groups excluding tert-OH is 1. The van der Waals surface area contributed by atoms with Crippen molar-refractivity contribution in [2.45, 2.75) is 22.7 Å². The Morgan fingerprint density at radius 2 is 2.14 bits per heavy atom. The number of esters is 1. The van der Waals surface area contributed by atoms with E-state index < -0.39 is 28.9 Å². The minimum absolute atomic E-state index is 0.0739. The SMILES string of the molecule is O=C(C[C@H]1Sc2ccc(C(F)(F)F)cc2NC1=O)OCCO. The first-order chi connectivity index (χ1) is 10.3. The lowest BCUT2D eigenvalue weighted by molar-refractivity contribution is -0.145. The lowest BCUT2D eigenvalue weighted by Gasteiger charge is -2.24. The molecule has 2 rings (SSSR count). The normalized spacial score (nSPS) is 17.6. The molecule has 0 radical (unpaired) electrons. The molecule has 1 aliphatic rings. The number of rotatable bonds is 4. The monoisotopic (exact) mass is 335 g/mol. The van der Waals surface area contributed by atoms with E-state index in [1.54, 1.807) is 0 Å².